The first-order valence-corrected chi connectivity index (χ1v) is 6.22. The van der Waals surface area contributed by atoms with Crippen LogP contribution in [0.5, 0.6) is 0 Å². The number of nitriles is 1. The Morgan fingerprint density at radius 2 is 2.18 bits per heavy atom. The van der Waals surface area contributed by atoms with E-state index in [4.69, 9.17) is 5.26 Å². The molecule has 17 heavy (non-hydrogen) atoms. The Labute approximate surface area is 103 Å². The minimum absolute atomic E-state index is 0.276. The van der Waals surface area contributed by atoms with Gasteiger partial charge in [0.1, 0.15) is 0 Å². The average molecular weight is 229 g/mol. The summed E-state index contributed by atoms with van der Waals surface area (Å²) >= 11 is 0. The molecule has 90 valence electrons. The minimum Gasteiger partial charge on any atom is -0.370 e. The zero-order chi connectivity index (χ0) is 12.1. The number of benzene rings is 1. The largest absolute Gasteiger partial charge is 0.370 e. The van der Waals surface area contributed by atoms with Crippen molar-refractivity contribution in [1.82, 2.24) is 5.32 Å². The lowest BCUT2D eigenvalue weighted by Gasteiger charge is -2.25. The van der Waals surface area contributed by atoms with Crippen LogP contribution in [-0.4, -0.2) is 25.2 Å². The predicted molar refractivity (Wildman–Crippen MR) is 69.9 cm³/mol. The Morgan fingerprint density at radius 3 is 2.88 bits per heavy atom. The highest BCUT2D eigenvalue weighted by atomic mass is 15.2. The predicted octanol–water partition coefficient (Wildman–Crippen LogP) is 2.16. The first kappa shape index (κ1) is 11.9. The molecule has 3 heteroatoms. The van der Waals surface area contributed by atoms with Gasteiger partial charge in [-0.25, -0.2) is 0 Å². The zero-order valence-corrected chi connectivity index (χ0v) is 10.3. The van der Waals surface area contributed by atoms with Gasteiger partial charge < -0.3 is 10.2 Å². The van der Waals surface area contributed by atoms with Crippen LogP contribution in [-0.2, 0) is 0 Å². The van der Waals surface area contributed by atoms with E-state index in [1.807, 2.05) is 6.07 Å². The minimum atomic E-state index is 0.276. The molecule has 1 aliphatic heterocycles. The molecule has 1 fully saturated rings. The van der Waals surface area contributed by atoms with Gasteiger partial charge in [0.05, 0.1) is 12.5 Å². The third-order valence-corrected chi connectivity index (χ3v) is 3.25. The van der Waals surface area contributed by atoms with E-state index in [2.05, 4.69) is 47.5 Å². The SMILES string of the molecule is CC1CCN(c2ccccc2)CC(CC#N)N1. The zero-order valence-electron chi connectivity index (χ0n) is 10.3. The molecule has 0 saturated carbocycles. The molecular formula is C14H19N3. The molecule has 2 unspecified atom stereocenters. The lowest BCUT2D eigenvalue weighted by molar-refractivity contribution is 0.473. The van der Waals surface area contributed by atoms with E-state index in [9.17, 15) is 0 Å². The highest BCUT2D eigenvalue weighted by Crippen LogP contribution is 2.17. The molecule has 3 nitrogen and oxygen atoms in total. The fourth-order valence-corrected chi connectivity index (χ4v) is 2.35. The van der Waals surface area contributed by atoms with Crippen molar-refractivity contribution in [2.45, 2.75) is 31.8 Å². The third-order valence-electron chi connectivity index (χ3n) is 3.25. The number of hydrogen-bond acceptors (Lipinski definition) is 3. The highest BCUT2D eigenvalue weighted by Gasteiger charge is 2.21. The number of rotatable bonds is 2. The molecule has 1 aromatic carbocycles. The molecule has 2 atom stereocenters. The first-order valence-electron chi connectivity index (χ1n) is 6.22. The van der Waals surface area contributed by atoms with Crippen LogP contribution in [0.15, 0.2) is 30.3 Å². The summed E-state index contributed by atoms with van der Waals surface area (Å²) in [5.74, 6) is 0. The molecule has 0 bridgehead atoms. The molecule has 0 aromatic heterocycles. The van der Waals surface area contributed by atoms with Crippen LogP contribution in [0.3, 0.4) is 0 Å². The fourth-order valence-electron chi connectivity index (χ4n) is 2.35. The maximum atomic E-state index is 8.84. The molecule has 0 amide bonds. The van der Waals surface area contributed by atoms with Gasteiger partial charge >= 0.3 is 0 Å². The molecule has 0 aliphatic carbocycles. The highest BCUT2D eigenvalue weighted by molar-refractivity contribution is 5.46. The van der Waals surface area contributed by atoms with Crippen LogP contribution in [0.1, 0.15) is 19.8 Å². The summed E-state index contributed by atoms with van der Waals surface area (Å²) in [6, 6.07) is 13.5. The fraction of sp³-hybridized carbons (Fsp3) is 0.500. The van der Waals surface area contributed by atoms with Gasteiger partial charge in [-0.1, -0.05) is 18.2 Å². The third kappa shape index (κ3) is 3.21. The summed E-state index contributed by atoms with van der Waals surface area (Å²) < 4.78 is 0. The Morgan fingerprint density at radius 1 is 1.41 bits per heavy atom. The number of para-hydroxylation sites is 1. The van der Waals surface area contributed by atoms with Crippen molar-refractivity contribution in [1.29, 1.82) is 5.26 Å². The van der Waals surface area contributed by atoms with Crippen molar-refractivity contribution in [3.63, 3.8) is 0 Å². The Balaban J connectivity index is 2.10. The maximum Gasteiger partial charge on any atom is 0.0638 e. The van der Waals surface area contributed by atoms with Gasteiger partial charge in [0.2, 0.25) is 0 Å². The summed E-state index contributed by atoms with van der Waals surface area (Å²) in [7, 11) is 0. The van der Waals surface area contributed by atoms with Gasteiger partial charge in [0.25, 0.3) is 0 Å². The summed E-state index contributed by atoms with van der Waals surface area (Å²) in [5, 5.41) is 12.4. The van der Waals surface area contributed by atoms with Crippen molar-refractivity contribution in [2.75, 3.05) is 18.0 Å². The van der Waals surface area contributed by atoms with Gasteiger partial charge in [-0.3, -0.25) is 0 Å². The molecular weight excluding hydrogens is 210 g/mol. The summed E-state index contributed by atoms with van der Waals surface area (Å²) in [5.41, 5.74) is 1.26. The molecule has 1 aromatic rings. The Kier molecular flexibility index (Phi) is 4.00. The second kappa shape index (κ2) is 5.70. The second-order valence-electron chi connectivity index (χ2n) is 4.70. The van der Waals surface area contributed by atoms with E-state index >= 15 is 0 Å². The molecule has 1 aliphatic rings. The number of nitrogens with zero attached hydrogens (tertiary/aromatic N) is 2. The maximum absolute atomic E-state index is 8.84. The van der Waals surface area contributed by atoms with E-state index in [0.29, 0.717) is 12.5 Å². The van der Waals surface area contributed by atoms with E-state index in [-0.39, 0.29) is 6.04 Å². The molecule has 1 saturated heterocycles. The molecule has 2 rings (SSSR count). The van der Waals surface area contributed by atoms with Crippen molar-refractivity contribution in [3.05, 3.63) is 30.3 Å². The monoisotopic (exact) mass is 229 g/mol. The summed E-state index contributed by atoms with van der Waals surface area (Å²) in [6.07, 6.45) is 1.70. The summed E-state index contributed by atoms with van der Waals surface area (Å²) in [4.78, 5) is 2.37. The van der Waals surface area contributed by atoms with Gasteiger partial charge in [-0.2, -0.15) is 5.26 Å². The molecule has 0 radical (unpaired) electrons. The molecule has 0 spiro atoms. The van der Waals surface area contributed by atoms with E-state index in [1.54, 1.807) is 0 Å². The molecule has 1 heterocycles. The van der Waals surface area contributed by atoms with Crippen molar-refractivity contribution in [2.24, 2.45) is 0 Å². The summed E-state index contributed by atoms with van der Waals surface area (Å²) in [6.45, 7) is 4.17. The normalized spacial score (nSPS) is 25.1. The quantitative estimate of drug-likeness (QED) is 0.844. The van der Waals surface area contributed by atoms with Crippen molar-refractivity contribution >= 4 is 5.69 Å². The van der Waals surface area contributed by atoms with Gasteiger partial charge in [0.15, 0.2) is 0 Å². The standard InChI is InChI=1S/C14H19N3/c1-12-8-10-17(11-13(16-12)7-9-15)14-5-3-2-4-6-14/h2-6,12-13,16H,7-8,10-11H2,1H3. The number of hydrogen-bond donors (Lipinski definition) is 1. The second-order valence-corrected chi connectivity index (χ2v) is 4.70. The first-order chi connectivity index (χ1) is 8.29. The lowest BCUT2D eigenvalue weighted by Crippen LogP contribution is -2.39. The van der Waals surface area contributed by atoms with Crippen LogP contribution in [0.4, 0.5) is 5.69 Å². The van der Waals surface area contributed by atoms with Crippen LogP contribution < -0.4 is 10.2 Å². The van der Waals surface area contributed by atoms with Gasteiger partial charge in [0, 0.05) is 30.9 Å². The number of anilines is 1. The topological polar surface area (TPSA) is 39.1 Å². The lowest BCUT2D eigenvalue weighted by atomic mass is 10.2. The average Bonchev–Trinajstić information content (AvgIpc) is 2.53. The van der Waals surface area contributed by atoms with Gasteiger partial charge in [-0.05, 0) is 25.5 Å². The smallest absolute Gasteiger partial charge is 0.0638 e. The van der Waals surface area contributed by atoms with E-state index < -0.39 is 0 Å². The van der Waals surface area contributed by atoms with Crippen molar-refractivity contribution < 1.29 is 0 Å². The van der Waals surface area contributed by atoms with Crippen LogP contribution in [0.2, 0.25) is 0 Å². The van der Waals surface area contributed by atoms with Crippen molar-refractivity contribution in [3.8, 4) is 6.07 Å². The molecule has 1 N–H and O–H groups in total. The van der Waals surface area contributed by atoms with Crippen LogP contribution in [0.25, 0.3) is 0 Å². The Bertz CT molecular complexity index is 382. The van der Waals surface area contributed by atoms with Crippen LogP contribution >= 0.6 is 0 Å². The number of nitrogens with one attached hydrogen (secondary N) is 1. The van der Waals surface area contributed by atoms with Crippen LogP contribution in [0, 0.1) is 11.3 Å². The van der Waals surface area contributed by atoms with E-state index in [1.165, 1.54) is 5.69 Å². The Hall–Kier alpha value is -1.53. The van der Waals surface area contributed by atoms with Gasteiger partial charge in [-0.15, -0.1) is 0 Å². The van der Waals surface area contributed by atoms with E-state index in [0.717, 1.165) is 19.5 Å².